The van der Waals surface area contributed by atoms with E-state index < -0.39 is 11.3 Å². The summed E-state index contributed by atoms with van der Waals surface area (Å²) < 4.78 is 31.7. The highest BCUT2D eigenvalue weighted by atomic mass is 19.3. The van der Waals surface area contributed by atoms with Crippen LogP contribution in [0.2, 0.25) is 0 Å². The Balaban J connectivity index is 1.53. The van der Waals surface area contributed by atoms with Gasteiger partial charge in [0.15, 0.2) is 0 Å². The van der Waals surface area contributed by atoms with Crippen molar-refractivity contribution in [2.45, 2.75) is 25.3 Å². The van der Waals surface area contributed by atoms with E-state index in [1.165, 1.54) is 0 Å². The molecule has 0 radical (unpaired) electrons. The van der Waals surface area contributed by atoms with E-state index in [0.717, 1.165) is 5.82 Å². The van der Waals surface area contributed by atoms with Gasteiger partial charge in [0.25, 0.3) is 5.92 Å². The average Bonchev–Trinajstić information content (AvgIpc) is 3.21. The van der Waals surface area contributed by atoms with Gasteiger partial charge in [-0.2, -0.15) is 0 Å². The Hall–Kier alpha value is -2.09. The quantitative estimate of drug-likeness (QED) is 0.849. The van der Waals surface area contributed by atoms with Crippen LogP contribution in [0.1, 0.15) is 18.7 Å². The van der Waals surface area contributed by atoms with Gasteiger partial charge in [0.1, 0.15) is 5.82 Å². The third kappa shape index (κ3) is 2.88. The van der Waals surface area contributed by atoms with Crippen LogP contribution in [0.25, 0.3) is 0 Å². The Morgan fingerprint density at radius 3 is 2.56 bits per heavy atom. The molecule has 6 nitrogen and oxygen atoms in total. The van der Waals surface area contributed by atoms with Gasteiger partial charge in [0.2, 0.25) is 5.95 Å². The number of imidazole rings is 1. The van der Waals surface area contributed by atoms with E-state index in [9.17, 15) is 8.78 Å². The zero-order chi connectivity index (χ0) is 17.5. The van der Waals surface area contributed by atoms with Crippen molar-refractivity contribution in [1.82, 2.24) is 24.4 Å². The second-order valence-corrected chi connectivity index (χ2v) is 7.12. The third-order valence-corrected chi connectivity index (χ3v) is 5.52. The van der Waals surface area contributed by atoms with Crippen LogP contribution >= 0.6 is 0 Å². The second-order valence-electron chi connectivity index (χ2n) is 7.12. The van der Waals surface area contributed by atoms with Gasteiger partial charge in [-0.25, -0.2) is 23.7 Å². The molecule has 2 saturated heterocycles. The molecule has 4 rings (SSSR count). The van der Waals surface area contributed by atoms with Crippen LogP contribution in [0.4, 0.5) is 14.7 Å². The first-order chi connectivity index (χ1) is 12.0. The Labute approximate surface area is 145 Å². The molecule has 2 fully saturated rings. The van der Waals surface area contributed by atoms with Crippen LogP contribution in [0.5, 0.6) is 0 Å². The monoisotopic (exact) mass is 348 g/mol. The molecule has 0 bridgehead atoms. The Kier molecular flexibility index (Phi) is 3.94. The van der Waals surface area contributed by atoms with Crippen molar-refractivity contribution >= 4 is 5.95 Å². The van der Waals surface area contributed by atoms with Crippen molar-refractivity contribution < 1.29 is 8.78 Å². The topological polar surface area (TPSA) is 50.1 Å². The number of hydrogen-bond donors (Lipinski definition) is 0. The smallest absolute Gasteiger partial charge is 0.257 e. The first-order valence-corrected chi connectivity index (χ1v) is 8.57. The van der Waals surface area contributed by atoms with Crippen LogP contribution in [-0.2, 0) is 13.6 Å². The number of piperidine rings is 1. The van der Waals surface area contributed by atoms with Crippen LogP contribution < -0.4 is 4.90 Å². The lowest BCUT2D eigenvalue weighted by Gasteiger charge is -2.45. The molecule has 4 heterocycles. The van der Waals surface area contributed by atoms with Gasteiger partial charge >= 0.3 is 0 Å². The number of nitrogens with zero attached hydrogens (tertiary/aromatic N) is 6. The number of rotatable bonds is 3. The predicted molar refractivity (Wildman–Crippen MR) is 89.3 cm³/mol. The van der Waals surface area contributed by atoms with E-state index in [4.69, 9.17) is 0 Å². The number of likely N-dealkylation sites (tertiary alicyclic amines) is 1. The van der Waals surface area contributed by atoms with Crippen molar-refractivity contribution in [3.05, 3.63) is 36.7 Å². The van der Waals surface area contributed by atoms with Crippen molar-refractivity contribution in [2.24, 2.45) is 12.5 Å². The maximum absolute atomic E-state index is 14.9. The van der Waals surface area contributed by atoms with Crippen LogP contribution in [-0.4, -0.2) is 56.5 Å². The normalized spacial score (nSPS) is 26.4. The fourth-order valence-electron chi connectivity index (χ4n) is 4.00. The van der Waals surface area contributed by atoms with E-state index in [1.54, 1.807) is 24.7 Å². The van der Waals surface area contributed by atoms with Gasteiger partial charge in [-0.05, 0) is 12.5 Å². The molecule has 0 aliphatic carbocycles. The summed E-state index contributed by atoms with van der Waals surface area (Å²) in [7, 11) is 1.93. The molecule has 0 aromatic carbocycles. The summed E-state index contributed by atoms with van der Waals surface area (Å²) in [6, 6.07) is 1.74. The number of alkyl halides is 2. The zero-order valence-corrected chi connectivity index (χ0v) is 14.3. The van der Waals surface area contributed by atoms with Gasteiger partial charge in [-0.1, -0.05) is 0 Å². The second kappa shape index (κ2) is 6.01. The standard InChI is InChI=1S/C17H22F2N6/c1-23-10-7-20-14(23)11-24-8-4-17(18,19)16(12-24)3-9-25(13-16)15-21-5-2-6-22-15/h2,5-7,10H,3-4,8-9,11-13H2,1H3/t16-/m0/s1. The van der Waals surface area contributed by atoms with Crippen LogP contribution in [0.15, 0.2) is 30.9 Å². The van der Waals surface area contributed by atoms with Gasteiger partial charge in [-0.15, -0.1) is 0 Å². The largest absolute Gasteiger partial charge is 0.340 e. The fourth-order valence-corrected chi connectivity index (χ4v) is 4.00. The molecule has 0 unspecified atom stereocenters. The summed E-state index contributed by atoms with van der Waals surface area (Å²) in [6.45, 7) is 2.22. The molecule has 2 aliphatic heterocycles. The lowest BCUT2D eigenvalue weighted by atomic mass is 9.75. The van der Waals surface area contributed by atoms with E-state index >= 15 is 0 Å². The van der Waals surface area contributed by atoms with E-state index in [-0.39, 0.29) is 6.42 Å². The molecule has 0 amide bonds. The molecule has 1 spiro atoms. The maximum atomic E-state index is 14.9. The summed E-state index contributed by atoms with van der Waals surface area (Å²) in [5, 5.41) is 0. The first kappa shape index (κ1) is 16.4. The van der Waals surface area contributed by atoms with Crippen molar-refractivity contribution in [3.63, 3.8) is 0 Å². The van der Waals surface area contributed by atoms with Gasteiger partial charge < -0.3 is 9.47 Å². The van der Waals surface area contributed by atoms with E-state index in [1.807, 2.05) is 22.7 Å². The highest BCUT2D eigenvalue weighted by Gasteiger charge is 2.59. The summed E-state index contributed by atoms with van der Waals surface area (Å²) >= 11 is 0. The van der Waals surface area contributed by atoms with Crippen LogP contribution in [0, 0.1) is 5.41 Å². The summed E-state index contributed by atoms with van der Waals surface area (Å²) in [4.78, 5) is 16.8. The Morgan fingerprint density at radius 2 is 1.84 bits per heavy atom. The predicted octanol–water partition coefficient (Wildman–Crippen LogP) is 1.95. The average molecular weight is 348 g/mol. The lowest BCUT2D eigenvalue weighted by Crippen LogP contribution is -2.56. The molecule has 134 valence electrons. The fraction of sp³-hybridized carbons (Fsp3) is 0.588. The molecule has 2 aliphatic rings. The summed E-state index contributed by atoms with van der Waals surface area (Å²) in [5.41, 5.74) is -1.05. The maximum Gasteiger partial charge on any atom is 0.257 e. The van der Waals surface area contributed by atoms with Gasteiger partial charge in [0.05, 0.1) is 12.0 Å². The summed E-state index contributed by atoms with van der Waals surface area (Å²) in [6.07, 6.45) is 7.27. The highest BCUT2D eigenvalue weighted by Crippen LogP contribution is 2.50. The SMILES string of the molecule is Cn1ccnc1CN1CCC(F)(F)[C@@]2(CCN(c3ncccn3)C2)C1. The van der Waals surface area contributed by atoms with Gasteiger partial charge in [-0.3, -0.25) is 4.90 Å². The molecule has 2 aromatic heterocycles. The molecular weight excluding hydrogens is 326 g/mol. The Bertz CT molecular complexity index is 734. The minimum Gasteiger partial charge on any atom is -0.340 e. The highest BCUT2D eigenvalue weighted by molar-refractivity contribution is 5.33. The van der Waals surface area contributed by atoms with Crippen molar-refractivity contribution in [2.75, 3.05) is 31.1 Å². The molecule has 2 aromatic rings. The minimum atomic E-state index is -2.67. The van der Waals surface area contributed by atoms with Crippen molar-refractivity contribution in [3.8, 4) is 0 Å². The molecule has 1 atom stereocenters. The molecular formula is C17H22F2N6. The zero-order valence-electron chi connectivity index (χ0n) is 14.3. The first-order valence-electron chi connectivity index (χ1n) is 8.57. The number of hydrogen-bond acceptors (Lipinski definition) is 5. The Morgan fingerprint density at radius 1 is 1.04 bits per heavy atom. The van der Waals surface area contributed by atoms with Crippen molar-refractivity contribution in [1.29, 1.82) is 0 Å². The van der Waals surface area contributed by atoms with Crippen LogP contribution in [0.3, 0.4) is 0 Å². The number of anilines is 1. The molecule has 25 heavy (non-hydrogen) atoms. The number of aryl methyl sites for hydroxylation is 1. The minimum absolute atomic E-state index is 0.110. The van der Waals surface area contributed by atoms with E-state index in [0.29, 0.717) is 45.1 Å². The third-order valence-electron chi connectivity index (χ3n) is 5.52. The number of aromatic nitrogens is 4. The molecule has 0 N–H and O–H groups in total. The molecule has 8 heteroatoms. The summed E-state index contributed by atoms with van der Waals surface area (Å²) in [5.74, 6) is -1.23. The van der Waals surface area contributed by atoms with Gasteiger partial charge in [0, 0.05) is 64.4 Å². The molecule has 0 saturated carbocycles. The number of halogens is 2. The lowest BCUT2D eigenvalue weighted by molar-refractivity contribution is -0.159. The van der Waals surface area contributed by atoms with E-state index in [2.05, 4.69) is 19.9 Å².